The summed E-state index contributed by atoms with van der Waals surface area (Å²) in [5.74, 6) is -9.65. The van der Waals surface area contributed by atoms with Crippen LogP contribution in [0.15, 0.2) is 47.3 Å². The smallest absolute Gasteiger partial charge is 0.335 e. The molecule has 0 amide bonds. The number of ether oxygens (including phenoxy) is 5. The second-order valence-electron chi connectivity index (χ2n) is 14.0. The molecule has 48 heavy (non-hydrogen) atoms. The van der Waals surface area contributed by atoms with Crippen LogP contribution in [-0.4, -0.2) is 83.3 Å². The number of furan rings is 1. The van der Waals surface area contributed by atoms with Crippen LogP contribution in [0.2, 0.25) is 0 Å². The van der Waals surface area contributed by atoms with Gasteiger partial charge in [0.1, 0.15) is 29.8 Å². The fourth-order valence-corrected chi connectivity index (χ4v) is 8.65. The van der Waals surface area contributed by atoms with Crippen LogP contribution in [0.5, 0.6) is 0 Å². The first-order valence-corrected chi connectivity index (χ1v) is 16.2. The molecule has 3 fully saturated rings. The number of aliphatic carboxylic acids is 1. The van der Waals surface area contributed by atoms with Crippen LogP contribution in [0, 0.1) is 35.0 Å². The van der Waals surface area contributed by atoms with E-state index in [-0.39, 0.29) is 12.3 Å². The zero-order valence-electron chi connectivity index (χ0n) is 28.0. The van der Waals surface area contributed by atoms with Crippen molar-refractivity contribution in [1.29, 1.82) is 0 Å². The van der Waals surface area contributed by atoms with Gasteiger partial charge in [-0.15, -0.1) is 0 Å². The molecule has 0 aromatic carbocycles. The van der Waals surface area contributed by atoms with Gasteiger partial charge in [-0.3, -0.25) is 14.4 Å². The summed E-state index contributed by atoms with van der Waals surface area (Å²) in [6, 6.07) is 1.77. The lowest BCUT2D eigenvalue weighted by atomic mass is 9.50. The fraction of sp³-hybridized carbons (Fsp3) is 0.629. The maximum absolute atomic E-state index is 13.6. The number of carboxylic acids is 1. The molecule has 0 unspecified atom stereocenters. The molecule has 2 N–H and O–H groups in total. The molecular formula is C35H44O13. The molecule has 1 spiro atoms. The standard InChI is InChI=1S/C35H44O13/c1-8-17(2)29(39)32(42)46-30-26(31(40)41)27(18(3)35-23(47-35)13-21(28(30)35)20-10-12-44-15-20)33(5)11-9-24(37)48-34(6,16-45-19(4)36)22(33)14-25(38)43-7/h9-12,15,17,21-23,26-30,39H,3,8,13-14,16H2,1-2,4-7H3,(H,40,41)/t17-,21+,22-,23-,26-,27-,28-,29-,30+,33+,34-,35-/m1/s1. The van der Waals surface area contributed by atoms with E-state index in [9.17, 15) is 34.2 Å². The lowest BCUT2D eigenvalue weighted by Gasteiger charge is -2.55. The van der Waals surface area contributed by atoms with Crippen molar-refractivity contribution in [2.75, 3.05) is 13.7 Å². The molecule has 1 saturated heterocycles. The van der Waals surface area contributed by atoms with Crippen LogP contribution in [-0.2, 0) is 47.7 Å². The molecule has 2 saturated carbocycles. The lowest BCUT2D eigenvalue weighted by molar-refractivity contribution is -0.193. The minimum absolute atomic E-state index is 0.344. The third kappa shape index (κ3) is 5.74. The number of epoxide rings is 1. The van der Waals surface area contributed by atoms with Crippen molar-refractivity contribution in [1.82, 2.24) is 0 Å². The van der Waals surface area contributed by atoms with Gasteiger partial charge >= 0.3 is 29.8 Å². The van der Waals surface area contributed by atoms with Crippen molar-refractivity contribution in [2.24, 2.45) is 35.0 Å². The first-order valence-electron chi connectivity index (χ1n) is 16.2. The van der Waals surface area contributed by atoms with Crippen LogP contribution in [0.4, 0.5) is 0 Å². The van der Waals surface area contributed by atoms with Gasteiger partial charge in [0.05, 0.1) is 32.2 Å². The monoisotopic (exact) mass is 672 g/mol. The number of methoxy groups -OCH3 is 1. The minimum Gasteiger partial charge on any atom is -0.481 e. The topological polar surface area (TPSA) is 188 Å². The fourth-order valence-electron chi connectivity index (χ4n) is 8.65. The molecule has 0 radical (unpaired) electrons. The van der Waals surface area contributed by atoms with E-state index in [1.54, 1.807) is 26.2 Å². The zero-order chi connectivity index (χ0) is 35.3. The number of carbonyl (C=O) groups is 5. The summed E-state index contributed by atoms with van der Waals surface area (Å²) in [5.41, 5.74) is -3.06. The first kappa shape index (κ1) is 35.3. The number of cyclic esters (lactones) is 1. The number of esters is 4. The summed E-state index contributed by atoms with van der Waals surface area (Å²) < 4.78 is 34.1. The quantitative estimate of drug-likeness (QED) is 0.151. The lowest BCUT2D eigenvalue weighted by Crippen LogP contribution is -2.62. The Morgan fingerprint density at radius 3 is 2.50 bits per heavy atom. The van der Waals surface area contributed by atoms with Gasteiger partial charge in [-0.05, 0) is 42.4 Å². The number of carbonyl (C=O) groups excluding carboxylic acids is 4. The number of hydrogen-bond acceptors (Lipinski definition) is 12. The highest BCUT2D eigenvalue weighted by molar-refractivity contribution is 5.84. The van der Waals surface area contributed by atoms with Gasteiger partial charge in [0, 0.05) is 36.2 Å². The molecule has 262 valence electrons. The van der Waals surface area contributed by atoms with Gasteiger partial charge in [-0.2, -0.15) is 0 Å². The van der Waals surface area contributed by atoms with Gasteiger partial charge in [-0.25, -0.2) is 9.59 Å². The van der Waals surface area contributed by atoms with Gasteiger partial charge < -0.3 is 38.3 Å². The van der Waals surface area contributed by atoms with Crippen molar-refractivity contribution in [2.45, 2.75) is 89.3 Å². The van der Waals surface area contributed by atoms with Crippen LogP contribution >= 0.6 is 0 Å². The van der Waals surface area contributed by atoms with E-state index in [1.807, 2.05) is 6.92 Å². The van der Waals surface area contributed by atoms with E-state index in [2.05, 4.69) is 6.58 Å². The van der Waals surface area contributed by atoms with E-state index in [1.165, 1.54) is 33.3 Å². The normalized spacial score (nSPS) is 38.0. The molecule has 0 bridgehead atoms. The Balaban J connectivity index is 1.71. The Morgan fingerprint density at radius 1 is 1.21 bits per heavy atom. The van der Waals surface area contributed by atoms with Crippen LogP contribution in [0.25, 0.3) is 0 Å². The Labute approximate surface area is 278 Å². The maximum atomic E-state index is 13.6. The van der Waals surface area contributed by atoms with Crippen molar-refractivity contribution >= 4 is 29.8 Å². The molecule has 13 heteroatoms. The Bertz CT molecular complexity index is 1500. The molecule has 1 aromatic heterocycles. The predicted octanol–water partition coefficient (Wildman–Crippen LogP) is 3.35. The van der Waals surface area contributed by atoms with Crippen LogP contribution < -0.4 is 0 Å². The van der Waals surface area contributed by atoms with Gasteiger partial charge in [0.2, 0.25) is 0 Å². The second-order valence-corrected chi connectivity index (χ2v) is 14.0. The zero-order valence-corrected chi connectivity index (χ0v) is 28.0. The van der Waals surface area contributed by atoms with Crippen LogP contribution in [0.3, 0.4) is 0 Å². The molecule has 2 aliphatic heterocycles. The molecular weight excluding hydrogens is 628 g/mol. The number of rotatable bonds is 11. The first-order chi connectivity index (χ1) is 22.5. The summed E-state index contributed by atoms with van der Waals surface area (Å²) >= 11 is 0. The van der Waals surface area contributed by atoms with E-state index in [0.717, 1.165) is 11.6 Å². The molecule has 4 aliphatic rings. The highest BCUT2D eigenvalue weighted by Gasteiger charge is 2.79. The summed E-state index contributed by atoms with van der Waals surface area (Å²) in [6.07, 6.45) is 2.99. The molecule has 3 heterocycles. The highest BCUT2D eigenvalue weighted by atomic mass is 16.6. The average Bonchev–Trinajstić information content (AvgIpc) is 3.36. The largest absolute Gasteiger partial charge is 0.481 e. The van der Waals surface area contributed by atoms with Crippen molar-refractivity contribution in [3.05, 3.63) is 48.5 Å². The third-order valence-electron chi connectivity index (χ3n) is 11.3. The number of hydrogen-bond donors (Lipinski definition) is 2. The van der Waals surface area contributed by atoms with Crippen molar-refractivity contribution in [3.8, 4) is 0 Å². The maximum Gasteiger partial charge on any atom is 0.335 e. The Hall–Kier alpha value is -3.97. The molecule has 5 rings (SSSR count). The number of aliphatic hydroxyl groups is 1. The summed E-state index contributed by atoms with van der Waals surface area (Å²) in [4.78, 5) is 65.3. The average molecular weight is 673 g/mol. The SMILES string of the molecule is C=C1[C@@H]([C@@]2(C)C=CC(=O)O[C@](C)(COC(C)=O)[C@@H]2CC(=O)OC)[C@@H](C(=O)O)[C@H](OC(=O)[C@H](O)[C@H](C)CC)[C@H]2[C@H](c3ccoc3)C[C@H]3O[C@@]123. The third-order valence-corrected chi connectivity index (χ3v) is 11.3. The summed E-state index contributed by atoms with van der Waals surface area (Å²) in [5, 5.41) is 22.0. The highest BCUT2D eigenvalue weighted by Crippen LogP contribution is 2.72. The Kier molecular flexibility index (Phi) is 9.43. The van der Waals surface area contributed by atoms with Crippen molar-refractivity contribution < 1.29 is 62.3 Å². The summed E-state index contributed by atoms with van der Waals surface area (Å²) in [6.45, 7) is 11.9. The molecule has 12 atom stereocenters. The van der Waals surface area contributed by atoms with E-state index in [0.29, 0.717) is 18.4 Å². The predicted molar refractivity (Wildman–Crippen MR) is 165 cm³/mol. The van der Waals surface area contributed by atoms with E-state index in [4.69, 9.17) is 28.1 Å². The van der Waals surface area contributed by atoms with E-state index >= 15 is 0 Å². The van der Waals surface area contributed by atoms with Gasteiger partial charge in [0.15, 0.2) is 6.10 Å². The Morgan fingerprint density at radius 2 is 1.92 bits per heavy atom. The number of carboxylic acid groups (broad SMARTS) is 1. The molecule has 1 aromatic rings. The molecule has 13 nitrogen and oxygen atoms in total. The van der Waals surface area contributed by atoms with Gasteiger partial charge in [0.25, 0.3) is 0 Å². The minimum atomic E-state index is -1.65. The van der Waals surface area contributed by atoms with Crippen molar-refractivity contribution in [3.63, 3.8) is 0 Å². The molecule has 2 aliphatic carbocycles. The van der Waals surface area contributed by atoms with Crippen LogP contribution in [0.1, 0.15) is 65.4 Å². The van der Waals surface area contributed by atoms with E-state index < -0.39 is 101 Å². The number of allylic oxidation sites excluding steroid dienone is 1. The van der Waals surface area contributed by atoms with Gasteiger partial charge in [-0.1, -0.05) is 39.8 Å². The summed E-state index contributed by atoms with van der Waals surface area (Å²) in [7, 11) is 1.19. The second kappa shape index (κ2) is 12.8. The number of aliphatic hydroxyl groups excluding tert-OH is 1.